The van der Waals surface area contributed by atoms with Crippen molar-refractivity contribution >= 4 is 15.9 Å². The van der Waals surface area contributed by atoms with Crippen LogP contribution in [0.3, 0.4) is 0 Å². The summed E-state index contributed by atoms with van der Waals surface area (Å²) < 4.78 is 19.2. The van der Waals surface area contributed by atoms with E-state index in [2.05, 4.69) is 33.1 Å². The molecule has 0 spiro atoms. The summed E-state index contributed by atoms with van der Waals surface area (Å²) in [4.78, 5) is 2.43. The second kappa shape index (κ2) is 8.08. The molecule has 112 valence electrons. The lowest BCUT2D eigenvalue weighted by molar-refractivity contribution is 0.0374. The van der Waals surface area contributed by atoms with Crippen LogP contribution in [-0.2, 0) is 4.74 Å². The molecule has 2 rings (SSSR count). The van der Waals surface area contributed by atoms with Crippen LogP contribution in [0.1, 0.15) is 24.9 Å². The highest BCUT2D eigenvalue weighted by atomic mass is 79.9. The lowest BCUT2D eigenvalue weighted by Gasteiger charge is -2.26. The fraction of sp³-hybridized carbons (Fsp3) is 0.600. The third kappa shape index (κ3) is 4.81. The minimum Gasteiger partial charge on any atom is -0.379 e. The van der Waals surface area contributed by atoms with Gasteiger partial charge >= 0.3 is 0 Å². The molecular formula is C15H22BrFN2O. The van der Waals surface area contributed by atoms with E-state index in [0.29, 0.717) is 0 Å². The second-order valence-corrected chi connectivity index (χ2v) is 6.00. The number of nitrogens with zero attached hydrogens (tertiary/aromatic N) is 1. The average Bonchev–Trinajstić information content (AvgIpc) is 2.44. The highest BCUT2D eigenvalue weighted by molar-refractivity contribution is 9.10. The lowest BCUT2D eigenvalue weighted by Crippen LogP contribution is -2.37. The molecule has 1 N–H and O–H groups in total. The molecule has 1 aromatic carbocycles. The minimum absolute atomic E-state index is 0.208. The molecule has 0 radical (unpaired) electrons. The van der Waals surface area contributed by atoms with Crippen LogP contribution in [0.15, 0.2) is 22.7 Å². The zero-order valence-electron chi connectivity index (χ0n) is 11.9. The van der Waals surface area contributed by atoms with E-state index >= 15 is 0 Å². The van der Waals surface area contributed by atoms with Crippen LogP contribution in [-0.4, -0.2) is 44.3 Å². The molecule has 1 aliphatic rings. The first-order chi connectivity index (χ1) is 9.66. The van der Waals surface area contributed by atoms with Crippen LogP contribution in [0.5, 0.6) is 0 Å². The zero-order chi connectivity index (χ0) is 14.4. The summed E-state index contributed by atoms with van der Waals surface area (Å²) in [6.07, 6.45) is 1.11. The summed E-state index contributed by atoms with van der Waals surface area (Å²) in [5, 5.41) is 3.49. The van der Waals surface area contributed by atoms with E-state index in [-0.39, 0.29) is 11.9 Å². The zero-order valence-corrected chi connectivity index (χ0v) is 13.5. The summed E-state index contributed by atoms with van der Waals surface area (Å²) in [5.41, 5.74) is 1.10. The molecule has 3 nitrogen and oxygen atoms in total. The van der Waals surface area contributed by atoms with Crippen molar-refractivity contribution < 1.29 is 9.13 Å². The van der Waals surface area contributed by atoms with Gasteiger partial charge in [-0.1, -0.05) is 22.0 Å². The first-order valence-electron chi connectivity index (χ1n) is 7.15. The van der Waals surface area contributed by atoms with Gasteiger partial charge in [0.2, 0.25) is 0 Å². The first-order valence-corrected chi connectivity index (χ1v) is 7.94. The molecule has 0 bridgehead atoms. The monoisotopic (exact) mass is 344 g/mol. The molecule has 0 saturated carbocycles. The normalized spacial score (nSPS) is 18.1. The predicted molar refractivity (Wildman–Crippen MR) is 82.4 cm³/mol. The third-order valence-electron chi connectivity index (χ3n) is 3.63. The summed E-state index contributed by atoms with van der Waals surface area (Å²) >= 11 is 3.42. The van der Waals surface area contributed by atoms with Gasteiger partial charge in [0, 0.05) is 23.6 Å². The first kappa shape index (κ1) is 15.9. The molecule has 0 aromatic heterocycles. The Morgan fingerprint density at radius 1 is 1.40 bits per heavy atom. The number of morpholine rings is 1. The fourth-order valence-corrected chi connectivity index (χ4v) is 3.10. The van der Waals surface area contributed by atoms with Crippen molar-refractivity contribution in [2.45, 2.75) is 19.4 Å². The standard InChI is InChI=1S/C15H22BrFN2O/c1-12(14-4-3-13(17)11-15(14)16)18-5-2-6-19-7-9-20-10-8-19/h3-4,11-12,18H,2,5-10H2,1H3. The summed E-state index contributed by atoms with van der Waals surface area (Å²) in [6.45, 7) is 7.96. The Morgan fingerprint density at radius 3 is 2.85 bits per heavy atom. The molecule has 1 fully saturated rings. The average molecular weight is 345 g/mol. The number of ether oxygens (including phenoxy) is 1. The summed E-state index contributed by atoms with van der Waals surface area (Å²) in [6, 6.07) is 5.07. The smallest absolute Gasteiger partial charge is 0.124 e. The maximum atomic E-state index is 13.1. The van der Waals surface area contributed by atoms with Crippen LogP contribution in [0.4, 0.5) is 4.39 Å². The van der Waals surface area contributed by atoms with Crippen molar-refractivity contribution in [1.82, 2.24) is 10.2 Å². The van der Waals surface area contributed by atoms with Crippen molar-refractivity contribution in [3.63, 3.8) is 0 Å². The Balaban J connectivity index is 1.70. The van der Waals surface area contributed by atoms with E-state index in [0.717, 1.165) is 55.8 Å². The minimum atomic E-state index is -0.208. The van der Waals surface area contributed by atoms with Gasteiger partial charge in [0.25, 0.3) is 0 Å². The third-order valence-corrected chi connectivity index (χ3v) is 4.32. The molecule has 1 heterocycles. The molecule has 1 aromatic rings. The number of hydrogen-bond acceptors (Lipinski definition) is 3. The van der Waals surface area contributed by atoms with E-state index in [1.165, 1.54) is 12.1 Å². The Labute approximate surface area is 128 Å². The van der Waals surface area contributed by atoms with Gasteiger partial charge in [-0.05, 0) is 44.1 Å². The quantitative estimate of drug-likeness (QED) is 0.803. The molecule has 1 unspecified atom stereocenters. The van der Waals surface area contributed by atoms with Gasteiger partial charge in [-0.25, -0.2) is 4.39 Å². The maximum Gasteiger partial charge on any atom is 0.124 e. The van der Waals surface area contributed by atoms with E-state index in [1.807, 2.05) is 6.07 Å². The largest absolute Gasteiger partial charge is 0.379 e. The Kier molecular flexibility index (Phi) is 6.42. The van der Waals surface area contributed by atoms with Gasteiger partial charge in [0.05, 0.1) is 13.2 Å². The van der Waals surface area contributed by atoms with Crippen LogP contribution in [0.25, 0.3) is 0 Å². The molecule has 5 heteroatoms. The Hall–Kier alpha value is -0.490. The second-order valence-electron chi connectivity index (χ2n) is 5.15. The highest BCUT2D eigenvalue weighted by Gasteiger charge is 2.11. The van der Waals surface area contributed by atoms with Crippen molar-refractivity contribution in [1.29, 1.82) is 0 Å². The molecule has 1 saturated heterocycles. The number of nitrogens with one attached hydrogen (secondary N) is 1. The van der Waals surface area contributed by atoms with Gasteiger partial charge in [0.15, 0.2) is 0 Å². The van der Waals surface area contributed by atoms with Crippen LogP contribution in [0, 0.1) is 5.82 Å². The number of hydrogen-bond donors (Lipinski definition) is 1. The van der Waals surface area contributed by atoms with E-state index in [4.69, 9.17) is 4.74 Å². The molecule has 1 aliphatic heterocycles. The summed E-state index contributed by atoms with van der Waals surface area (Å²) in [7, 11) is 0. The van der Waals surface area contributed by atoms with Crippen molar-refractivity contribution in [3.05, 3.63) is 34.1 Å². The van der Waals surface area contributed by atoms with Crippen molar-refractivity contribution in [3.8, 4) is 0 Å². The van der Waals surface area contributed by atoms with E-state index < -0.39 is 0 Å². The Bertz CT molecular complexity index is 424. The van der Waals surface area contributed by atoms with E-state index in [1.54, 1.807) is 0 Å². The lowest BCUT2D eigenvalue weighted by atomic mass is 10.1. The van der Waals surface area contributed by atoms with Gasteiger partial charge < -0.3 is 10.1 Å². The van der Waals surface area contributed by atoms with Gasteiger partial charge in [-0.15, -0.1) is 0 Å². The molecule has 0 aliphatic carbocycles. The molecule has 1 atom stereocenters. The van der Waals surface area contributed by atoms with Gasteiger partial charge in [-0.2, -0.15) is 0 Å². The van der Waals surface area contributed by atoms with E-state index in [9.17, 15) is 4.39 Å². The van der Waals surface area contributed by atoms with Gasteiger partial charge in [0.1, 0.15) is 5.82 Å². The molecule has 20 heavy (non-hydrogen) atoms. The predicted octanol–water partition coefficient (Wildman–Crippen LogP) is 2.96. The number of halogens is 2. The Morgan fingerprint density at radius 2 is 2.15 bits per heavy atom. The van der Waals surface area contributed by atoms with Crippen molar-refractivity contribution in [2.75, 3.05) is 39.4 Å². The number of benzene rings is 1. The SMILES string of the molecule is CC(NCCCN1CCOCC1)c1ccc(F)cc1Br. The topological polar surface area (TPSA) is 24.5 Å². The van der Waals surface area contributed by atoms with Crippen LogP contribution < -0.4 is 5.32 Å². The van der Waals surface area contributed by atoms with Crippen molar-refractivity contribution in [2.24, 2.45) is 0 Å². The summed E-state index contributed by atoms with van der Waals surface area (Å²) in [5.74, 6) is -0.208. The molecular weight excluding hydrogens is 323 g/mol. The maximum absolute atomic E-state index is 13.1. The molecule has 0 amide bonds. The number of rotatable bonds is 6. The van der Waals surface area contributed by atoms with Gasteiger partial charge in [-0.3, -0.25) is 4.90 Å². The highest BCUT2D eigenvalue weighted by Crippen LogP contribution is 2.24. The van der Waals surface area contributed by atoms with Crippen LogP contribution >= 0.6 is 15.9 Å². The fourth-order valence-electron chi connectivity index (χ4n) is 2.41. The van der Waals surface area contributed by atoms with Crippen LogP contribution in [0.2, 0.25) is 0 Å².